The average molecular weight is 179 g/mol. The summed E-state index contributed by atoms with van der Waals surface area (Å²) in [4.78, 5) is 0. The van der Waals surface area contributed by atoms with Gasteiger partial charge in [0, 0.05) is 19.4 Å². The predicted molar refractivity (Wildman–Crippen MR) is 41.6 cm³/mol. The van der Waals surface area contributed by atoms with Gasteiger partial charge >= 0.3 is 6.18 Å². The van der Waals surface area contributed by atoms with E-state index >= 15 is 0 Å². The standard InChI is InChI=1S/C8H12F3N/c1-2-3-6-12-7-4-5-8(9,10)11/h1,12H,3-7H2. The second-order valence-electron chi connectivity index (χ2n) is 2.42. The van der Waals surface area contributed by atoms with Crippen molar-refractivity contribution in [3.05, 3.63) is 0 Å². The molecule has 70 valence electrons. The zero-order valence-corrected chi connectivity index (χ0v) is 6.75. The van der Waals surface area contributed by atoms with Gasteiger partial charge in [0.15, 0.2) is 0 Å². The van der Waals surface area contributed by atoms with Gasteiger partial charge in [0.25, 0.3) is 0 Å². The first-order valence-electron chi connectivity index (χ1n) is 3.77. The monoisotopic (exact) mass is 179 g/mol. The number of rotatable bonds is 5. The van der Waals surface area contributed by atoms with Gasteiger partial charge in [0.05, 0.1) is 0 Å². The highest BCUT2D eigenvalue weighted by atomic mass is 19.4. The van der Waals surface area contributed by atoms with Crippen LogP contribution < -0.4 is 5.32 Å². The van der Waals surface area contributed by atoms with Crippen LogP contribution in [0.1, 0.15) is 19.3 Å². The van der Waals surface area contributed by atoms with E-state index in [-0.39, 0.29) is 6.42 Å². The molecule has 0 atom stereocenters. The summed E-state index contributed by atoms with van der Waals surface area (Å²) < 4.78 is 34.7. The maximum atomic E-state index is 11.6. The predicted octanol–water partition coefficient (Wildman–Crippen LogP) is 1.94. The van der Waals surface area contributed by atoms with Crippen molar-refractivity contribution in [2.45, 2.75) is 25.4 Å². The number of terminal acetylenes is 1. The lowest BCUT2D eigenvalue weighted by atomic mass is 10.3. The van der Waals surface area contributed by atoms with Crippen molar-refractivity contribution in [1.29, 1.82) is 0 Å². The second-order valence-corrected chi connectivity index (χ2v) is 2.42. The lowest BCUT2D eigenvalue weighted by molar-refractivity contribution is -0.135. The fraction of sp³-hybridized carbons (Fsp3) is 0.750. The van der Waals surface area contributed by atoms with Crippen molar-refractivity contribution in [3.8, 4) is 12.3 Å². The molecule has 0 aliphatic rings. The summed E-state index contributed by atoms with van der Waals surface area (Å²) in [5.74, 6) is 2.39. The van der Waals surface area contributed by atoms with Crippen molar-refractivity contribution in [2.75, 3.05) is 13.1 Å². The Labute approximate surface area is 70.3 Å². The van der Waals surface area contributed by atoms with Gasteiger partial charge in [0.1, 0.15) is 0 Å². The number of halogens is 3. The Morgan fingerprint density at radius 2 is 1.92 bits per heavy atom. The van der Waals surface area contributed by atoms with Crippen molar-refractivity contribution in [3.63, 3.8) is 0 Å². The van der Waals surface area contributed by atoms with Gasteiger partial charge in [-0.3, -0.25) is 0 Å². The van der Waals surface area contributed by atoms with Crippen LogP contribution in [0.2, 0.25) is 0 Å². The third-order valence-corrected chi connectivity index (χ3v) is 1.26. The Bertz CT molecular complexity index is 145. The first-order chi connectivity index (χ1) is 5.56. The third kappa shape index (κ3) is 9.31. The van der Waals surface area contributed by atoms with E-state index in [4.69, 9.17) is 6.42 Å². The van der Waals surface area contributed by atoms with Crippen LogP contribution >= 0.6 is 0 Å². The summed E-state index contributed by atoms with van der Waals surface area (Å²) in [5.41, 5.74) is 0. The Hall–Kier alpha value is -0.690. The molecule has 0 aromatic heterocycles. The summed E-state index contributed by atoms with van der Waals surface area (Å²) in [5, 5.41) is 2.82. The van der Waals surface area contributed by atoms with Crippen LogP contribution in [0.3, 0.4) is 0 Å². The van der Waals surface area contributed by atoms with Gasteiger partial charge < -0.3 is 5.32 Å². The summed E-state index contributed by atoms with van der Waals surface area (Å²) in [6.07, 6.45) is 0.863. The smallest absolute Gasteiger partial charge is 0.316 e. The summed E-state index contributed by atoms with van der Waals surface area (Å²) in [7, 11) is 0. The molecule has 0 aromatic carbocycles. The van der Waals surface area contributed by atoms with Gasteiger partial charge in [-0.15, -0.1) is 12.3 Å². The lowest BCUT2D eigenvalue weighted by Gasteiger charge is -2.05. The van der Waals surface area contributed by atoms with Crippen LogP contribution in [-0.4, -0.2) is 19.3 Å². The van der Waals surface area contributed by atoms with Crippen LogP contribution in [0.15, 0.2) is 0 Å². The number of alkyl halides is 3. The molecule has 0 saturated heterocycles. The molecule has 0 aromatic rings. The fourth-order valence-corrected chi connectivity index (χ4v) is 0.699. The van der Waals surface area contributed by atoms with Crippen LogP contribution in [0.25, 0.3) is 0 Å². The molecule has 0 bridgehead atoms. The minimum Gasteiger partial charge on any atom is -0.316 e. The topological polar surface area (TPSA) is 12.0 Å². The molecule has 0 aliphatic heterocycles. The Morgan fingerprint density at radius 1 is 1.25 bits per heavy atom. The molecular formula is C8H12F3N. The van der Waals surface area contributed by atoms with Crippen LogP contribution in [-0.2, 0) is 0 Å². The largest absolute Gasteiger partial charge is 0.389 e. The minimum atomic E-state index is -4.03. The van der Waals surface area contributed by atoms with E-state index in [1.807, 2.05) is 0 Å². The highest BCUT2D eigenvalue weighted by molar-refractivity contribution is 4.83. The second kappa shape index (κ2) is 5.90. The molecule has 0 unspecified atom stereocenters. The quantitative estimate of drug-likeness (QED) is 0.502. The van der Waals surface area contributed by atoms with Crippen LogP contribution in [0.5, 0.6) is 0 Å². The van der Waals surface area contributed by atoms with Gasteiger partial charge in [-0.05, 0) is 13.0 Å². The van der Waals surface area contributed by atoms with Gasteiger partial charge in [-0.2, -0.15) is 13.2 Å². The number of nitrogens with one attached hydrogen (secondary N) is 1. The molecule has 0 spiro atoms. The normalized spacial score (nSPS) is 11.2. The highest BCUT2D eigenvalue weighted by Crippen LogP contribution is 2.20. The van der Waals surface area contributed by atoms with Gasteiger partial charge in [-0.25, -0.2) is 0 Å². The molecule has 0 rings (SSSR count). The van der Waals surface area contributed by atoms with Gasteiger partial charge in [0.2, 0.25) is 0 Å². The van der Waals surface area contributed by atoms with Crippen molar-refractivity contribution in [2.24, 2.45) is 0 Å². The van der Waals surface area contributed by atoms with Crippen LogP contribution in [0, 0.1) is 12.3 Å². The summed E-state index contributed by atoms with van der Waals surface area (Å²) >= 11 is 0. The van der Waals surface area contributed by atoms with Crippen molar-refractivity contribution in [1.82, 2.24) is 5.32 Å². The molecular weight excluding hydrogens is 167 g/mol. The molecule has 1 N–H and O–H groups in total. The molecule has 0 aliphatic carbocycles. The highest BCUT2D eigenvalue weighted by Gasteiger charge is 2.25. The van der Waals surface area contributed by atoms with E-state index in [0.29, 0.717) is 19.5 Å². The Kier molecular flexibility index (Phi) is 5.56. The molecule has 1 nitrogen and oxygen atoms in total. The Balaban J connectivity index is 3.07. The summed E-state index contributed by atoms with van der Waals surface area (Å²) in [6, 6.07) is 0. The molecule has 0 fully saturated rings. The van der Waals surface area contributed by atoms with E-state index in [1.165, 1.54) is 0 Å². The first-order valence-corrected chi connectivity index (χ1v) is 3.77. The molecule has 0 amide bonds. The Morgan fingerprint density at radius 3 is 2.42 bits per heavy atom. The summed E-state index contributed by atoms with van der Waals surface area (Å²) in [6.45, 7) is 0.968. The molecule has 12 heavy (non-hydrogen) atoms. The first kappa shape index (κ1) is 11.3. The molecule has 0 saturated carbocycles. The number of hydrogen-bond acceptors (Lipinski definition) is 1. The fourth-order valence-electron chi connectivity index (χ4n) is 0.699. The van der Waals surface area contributed by atoms with Crippen LogP contribution in [0.4, 0.5) is 13.2 Å². The molecule has 4 heteroatoms. The minimum absolute atomic E-state index is 0.119. The molecule has 0 radical (unpaired) electrons. The van der Waals surface area contributed by atoms with Crippen molar-refractivity contribution < 1.29 is 13.2 Å². The lowest BCUT2D eigenvalue weighted by Crippen LogP contribution is -2.18. The van der Waals surface area contributed by atoms with Gasteiger partial charge in [-0.1, -0.05) is 0 Å². The van der Waals surface area contributed by atoms with E-state index < -0.39 is 12.6 Å². The number of hydrogen-bond donors (Lipinski definition) is 1. The third-order valence-electron chi connectivity index (χ3n) is 1.26. The van der Waals surface area contributed by atoms with Crippen molar-refractivity contribution >= 4 is 0 Å². The van der Waals surface area contributed by atoms with E-state index in [9.17, 15) is 13.2 Å². The maximum absolute atomic E-state index is 11.6. The zero-order valence-electron chi connectivity index (χ0n) is 6.75. The van der Waals surface area contributed by atoms with E-state index in [0.717, 1.165) is 0 Å². The molecule has 0 heterocycles. The average Bonchev–Trinajstić information content (AvgIpc) is 1.94. The van der Waals surface area contributed by atoms with E-state index in [2.05, 4.69) is 11.2 Å². The zero-order chi connectivity index (χ0) is 9.45. The SMILES string of the molecule is C#CCCNCCCC(F)(F)F. The van der Waals surface area contributed by atoms with E-state index in [1.54, 1.807) is 0 Å². The maximum Gasteiger partial charge on any atom is 0.389 e.